The van der Waals surface area contributed by atoms with Crippen molar-refractivity contribution in [3.8, 4) is 0 Å². The average molecular weight is 472 g/mol. The molecule has 33 heavy (non-hydrogen) atoms. The number of aliphatic carboxylic acids is 1. The smallest absolute Gasteiger partial charge is 0.326 e. The van der Waals surface area contributed by atoms with Gasteiger partial charge in [-0.15, -0.1) is 0 Å². The van der Waals surface area contributed by atoms with E-state index in [9.17, 15) is 24.3 Å². The van der Waals surface area contributed by atoms with Crippen LogP contribution in [0.15, 0.2) is 0 Å². The number of amides is 3. The summed E-state index contributed by atoms with van der Waals surface area (Å²) in [6, 6.07) is -3.61. The molecule has 0 bridgehead atoms. The molecule has 0 rings (SSSR count). The lowest BCUT2D eigenvalue weighted by Crippen LogP contribution is -2.58. The first kappa shape index (κ1) is 30.8. The Morgan fingerprint density at radius 1 is 0.727 bits per heavy atom. The molecule has 4 unspecified atom stereocenters. The molecule has 0 saturated carbocycles. The zero-order valence-electron chi connectivity index (χ0n) is 21.0. The molecule has 0 radical (unpaired) electrons. The van der Waals surface area contributed by atoms with Crippen molar-refractivity contribution in [2.45, 2.75) is 97.8 Å². The molecule has 0 spiro atoms. The average Bonchev–Trinajstić information content (AvgIpc) is 2.70. The highest BCUT2D eigenvalue weighted by Gasteiger charge is 2.31. The van der Waals surface area contributed by atoms with Crippen LogP contribution in [-0.4, -0.2) is 59.5 Å². The molecular formula is C23H45N5O5. The van der Waals surface area contributed by atoms with Crippen LogP contribution in [0, 0.1) is 17.8 Å². The van der Waals surface area contributed by atoms with E-state index in [0.717, 1.165) is 0 Å². The molecule has 192 valence electrons. The number of rotatable bonds is 16. The summed E-state index contributed by atoms with van der Waals surface area (Å²) in [5.41, 5.74) is 11.4. The van der Waals surface area contributed by atoms with Gasteiger partial charge in [-0.3, -0.25) is 14.4 Å². The lowest BCUT2D eigenvalue weighted by Gasteiger charge is -2.27. The van der Waals surface area contributed by atoms with Gasteiger partial charge in [0, 0.05) is 0 Å². The van der Waals surface area contributed by atoms with Crippen molar-refractivity contribution < 1.29 is 24.3 Å². The number of carboxylic acids is 1. The van der Waals surface area contributed by atoms with Gasteiger partial charge >= 0.3 is 5.97 Å². The quantitative estimate of drug-likeness (QED) is 0.180. The van der Waals surface area contributed by atoms with Crippen LogP contribution in [0.25, 0.3) is 0 Å². The fourth-order valence-corrected chi connectivity index (χ4v) is 3.27. The summed E-state index contributed by atoms with van der Waals surface area (Å²) in [4.78, 5) is 50.0. The van der Waals surface area contributed by atoms with Gasteiger partial charge in [0.25, 0.3) is 0 Å². The Hall–Kier alpha value is -2.20. The van der Waals surface area contributed by atoms with Crippen molar-refractivity contribution in [3.05, 3.63) is 0 Å². The first-order valence-electron chi connectivity index (χ1n) is 11.9. The predicted octanol–water partition coefficient (Wildman–Crippen LogP) is 0.730. The van der Waals surface area contributed by atoms with E-state index >= 15 is 0 Å². The van der Waals surface area contributed by atoms with Gasteiger partial charge in [-0.05, 0) is 56.4 Å². The third-order valence-corrected chi connectivity index (χ3v) is 5.26. The standard InChI is InChI=1S/C23H45N5O5/c1-13(2)11-17(20(29)26-16(23(32)33)9-7-8-10-24)27-21(30)18(12-14(3)4)28-22(31)19(25)15(5)6/h13-19H,7-12,24-25H2,1-6H3,(H,26,29)(H,27,30)(H,28,31)(H,32,33). The Labute approximate surface area is 198 Å². The third-order valence-electron chi connectivity index (χ3n) is 5.26. The fourth-order valence-electron chi connectivity index (χ4n) is 3.27. The summed E-state index contributed by atoms with van der Waals surface area (Å²) in [6.45, 7) is 11.7. The number of nitrogens with two attached hydrogens (primary N) is 2. The van der Waals surface area contributed by atoms with Crippen molar-refractivity contribution in [2.24, 2.45) is 29.2 Å². The molecule has 0 aliphatic rings. The molecule has 0 aromatic heterocycles. The Kier molecular flexibility index (Phi) is 14.6. The summed E-state index contributed by atoms with van der Waals surface area (Å²) in [7, 11) is 0. The predicted molar refractivity (Wildman–Crippen MR) is 128 cm³/mol. The molecule has 0 heterocycles. The van der Waals surface area contributed by atoms with E-state index in [-0.39, 0.29) is 24.2 Å². The van der Waals surface area contributed by atoms with Crippen molar-refractivity contribution in [1.82, 2.24) is 16.0 Å². The van der Waals surface area contributed by atoms with E-state index in [4.69, 9.17) is 11.5 Å². The van der Waals surface area contributed by atoms with E-state index in [1.54, 1.807) is 0 Å². The van der Waals surface area contributed by atoms with Crippen LogP contribution >= 0.6 is 0 Å². The Balaban J connectivity index is 5.46. The van der Waals surface area contributed by atoms with Crippen LogP contribution in [0.1, 0.15) is 73.6 Å². The van der Waals surface area contributed by atoms with Gasteiger partial charge in [0.1, 0.15) is 18.1 Å². The van der Waals surface area contributed by atoms with Crippen molar-refractivity contribution in [3.63, 3.8) is 0 Å². The second-order valence-electron chi connectivity index (χ2n) is 9.84. The summed E-state index contributed by atoms with van der Waals surface area (Å²) >= 11 is 0. The highest BCUT2D eigenvalue weighted by atomic mass is 16.4. The maximum Gasteiger partial charge on any atom is 0.326 e. The Morgan fingerprint density at radius 2 is 1.15 bits per heavy atom. The van der Waals surface area contributed by atoms with Gasteiger partial charge in [-0.2, -0.15) is 0 Å². The number of hydrogen-bond donors (Lipinski definition) is 6. The molecule has 0 aromatic rings. The molecule has 8 N–H and O–H groups in total. The minimum Gasteiger partial charge on any atom is -0.480 e. The fraction of sp³-hybridized carbons (Fsp3) is 0.826. The number of nitrogens with one attached hydrogen (secondary N) is 3. The van der Waals surface area contributed by atoms with Crippen molar-refractivity contribution in [1.29, 1.82) is 0 Å². The van der Waals surface area contributed by atoms with Gasteiger partial charge in [0.2, 0.25) is 17.7 Å². The van der Waals surface area contributed by atoms with Crippen molar-refractivity contribution in [2.75, 3.05) is 6.54 Å². The van der Waals surface area contributed by atoms with Crippen LogP contribution in [-0.2, 0) is 19.2 Å². The summed E-state index contributed by atoms with van der Waals surface area (Å²) in [5.74, 6) is -2.56. The summed E-state index contributed by atoms with van der Waals surface area (Å²) in [6.07, 6.45) is 2.16. The topological polar surface area (TPSA) is 177 Å². The lowest BCUT2D eigenvalue weighted by molar-refractivity contribution is -0.142. The highest BCUT2D eigenvalue weighted by Crippen LogP contribution is 2.11. The van der Waals surface area contributed by atoms with E-state index in [0.29, 0.717) is 32.2 Å². The SMILES string of the molecule is CC(C)CC(NC(=O)C(CC(C)C)NC(=O)C(N)C(C)C)C(=O)NC(CCCCN)C(=O)O. The largest absolute Gasteiger partial charge is 0.480 e. The number of carboxylic acid groups (broad SMARTS) is 1. The van der Waals surface area contributed by atoms with Crippen molar-refractivity contribution >= 4 is 23.7 Å². The van der Waals surface area contributed by atoms with Crippen LogP contribution in [0.4, 0.5) is 0 Å². The molecule has 4 atom stereocenters. The number of unbranched alkanes of at least 4 members (excludes halogenated alkanes) is 1. The van der Waals surface area contributed by atoms with Gasteiger partial charge < -0.3 is 32.5 Å². The normalized spacial score (nSPS) is 15.1. The second-order valence-corrected chi connectivity index (χ2v) is 9.84. The molecule has 0 fully saturated rings. The first-order chi connectivity index (χ1) is 15.3. The van der Waals surface area contributed by atoms with E-state index in [1.165, 1.54) is 0 Å². The first-order valence-corrected chi connectivity index (χ1v) is 11.9. The Morgan fingerprint density at radius 3 is 1.52 bits per heavy atom. The zero-order valence-corrected chi connectivity index (χ0v) is 21.0. The maximum absolute atomic E-state index is 13.1. The molecule has 0 aliphatic carbocycles. The van der Waals surface area contributed by atoms with Crippen LogP contribution in [0.3, 0.4) is 0 Å². The van der Waals surface area contributed by atoms with E-state index in [2.05, 4.69) is 16.0 Å². The summed E-state index contributed by atoms with van der Waals surface area (Å²) < 4.78 is 0. The van der Waals surface area contributed by atoms with Crippen LogP contribution in [0.2, 0.25) is 0 Å². The lowest BCUT2D eigenvalue weighted by atomic mass is 9.98. The molecule has 0 aliphatic heterocycles. The van der Waals surface area contributed by atoms with Crippen LogP contribution in [0.5, 0.6) is 0 Å². The molecule has 10 nitrogen and oxygen atoms in total. The zero-order chi connectivity index (χ0) is 25.7. The monoisotopic (exact) mass is 471 g/mol. The van der Waals surface area contributed by atoms with Gasteiger partial charge in [0.15, 0.2) is 0 Å². The molecular weight excluding hydrogens is 426 g/mol. The number of hydrogen-bond acceptors (Lipinski definition) is 6. The second kappa shape index (κ2) is 15.6. The molecule has 0 saturated heterocycles. The molecule has 0 aromatic carbocycles. The summed E-state index contributed by atoms with van der Waals surface area (Å²) in [5, 5.41) is 17.4. The maximum atomic E-state index is 13.1. The van der Waals surface area contributed by atoms with E-state index < -0.39 is 47.9 Å². The van der Waals surface area contributed by atoms with Crippen LogP contribution < -0.4 is 27.4 Å². The minimum atomic E-state index is -1.14. The number of carbonyl (C=O) groups excluding carboxylic acids is 3. The van der Waals surface area contributed by atoms with Gasteiger partial charge in [-0.25, -0.2) is 4.79 Å². The Bertz CT molecular complexity index is 639. The van der Waals surface area contributed by atoms with Gasteiger partial charge in [-0.1, -0.05) is 41.5 Å². The van der Waals surface area contributed by atoms with Gasteiger partial charge in [0.05, 0.1) is 6.04 Å². The minimum absolute atomic E-state index is 0.0640. The van der Waals surface area contributed by atoms with E-state index in [1.807, 2.05) is 41.5 Å². The third kappa shape index (κ3) is 12.6. The molecule has 10 heteroatoms. The molecule has 3 amide bonds. The number of carbonyl (C=O) groups is 4. The highest BCUT2D eigenvalue weighted by molar-refractivity contribution is 5.94.